The third-order valence-corrected chi connectivity index (χ3v) is 4.24. The summed E-state index contributed by atoms with van der Waals surface area (Å²) in [6, 6.07) is 1.85. The minimum Gasteiger partial charge on any atom is -0.326 e. The van der Waals surface area contributed by atoms with Gasteiger partial charge in [0.05, 0.1) is 11.0 Å². The Labute approximate surface area is 116 Å². The van der Waals surface area contributed by atoms with Gasteiger partial charge in [-0.25, -0.2) is 17.5 Å². The Hall–Kier alpha value is -1.58. The number of benzene rings is 1. The fraction of sp³-hybridized carbons (Fsp3) is 0.455. The summed E-state index contributed by atoms with van der Waals surface area (Å²) in [4.78, 5) is 9.26. The lowest BCUT2D eigenvalue weighted by Gasteiger charge is -2.16. The molecule has 0 radical (unpaired) electrons. The average molecular weight is 305 g/mol. The van der Waals surface area contributed by atoms with Crippen LogP contribution in [-0.4, -0.2) is 25.9 Å². The van der Waals surface area contributed by atoms with E-state index >= 15 is 0 Å². The van der Waals surface area contributed by atoms with Crippen LogP contribution in [0.15, 0.2) is 23.1 Å². The van der Waals surface area contributed by atoms with Gasteiger partial charge in [-0.2, -0.15) is 0 Å². The quantitative estimate of drug-likeness (QED) is 0.601. The highest BCUT2D eigenvalue weighted by Crippen LogP contribution is 2.24. The maximum Gasteiger partial charge on any atom is 0.292 e. The van der Waals surface area contributed by atoms with Gasteiger partial charge in [0.2, 0.25) is 10.0 Å². The highest BCUT2D eigenvalue weighted by molar-refractivity contribution is 7.89. The number of rotatable bonds is 6. The van der Waals surface area contributed by atoms with Crippen LogP contribution in [0.25, 0.3) is 0 Å². The van der Waals surface area contributed by atoms with Crippen LogP contribution in [0.2, 0.25) is 0 Å². The number of halogens is 1. The summed E-state index contributed by atoms with van der Waals surface area (Å²) in [6.45, 7) is 3.58. The first kappa shape index (κ1) is 16.5. The summed E-state index contributed by atoms with van der Waals surface area (Å²) in [5.74, 6) is -0.838. The maximum atomic E-state index is 13.0. The number of nitro groups is 1. The molecule has 1 rings (SSSR count). The van der Waals surface area contributed by atoms with Crippen LogP contribution < -0.4 is 10.5 Å². The predicted molar refractivity (Wildman–Crippen MR) is 71.1 cm³/mol. The standard InChI is InChI=1S/C11H16FN3O4S/c1-7(2)9(13)6-14-20(18,19)11-4-3-8(12)5-10(11)15(16)17/h3-5,7,9,14H,6,13H2,1-2H3. The van der Waals surface area contributed by atoms with E-state index in [-0.39, 0.29) is 12.5 Å². The molecule has 0 saturated heterocycles. The zero-order chi connectivity index (χ0) is 15.5. The summed E-state index contributed by atoms with van der Waals surface area (Å²) < 4.78 is 39.2. The zero-order valence-electron chi connectivity index (χ0n) is 11.0. The van der Waals surface area contributed by atoms with E-state index < -0.39 is 37.4 Å². The number of hydrogen-bond donors (Lipinski definition) is 2. The molecule has 0 spiro atoms. The van der Waals surface area contributed by atoms with Crippen molar-refractivity contribution in [1.29, 1.82) is 0 Å². The Kier molecular flexibility index (Phi) is 5.15. The Bertz CT molecular complexity index is 604. The molecule has 0 saturated carbocycles. The van der Waals surface area contributed by atoms with Crippen LogP contribution in [0.3, 0.4) is 0 Å². The molecule has 0 aliphatic rings. The molecule has 3 N–H and O–H groups in total. The molecule has 0 fully saturated rings. The Balaban J connectivity index is 3.07. The Morgan fingerprint density at radius 3 is 2.55 bits per heavy atom. The molecule has 7 nitrogen and oxygen atoms in total. The smallest absolute Gasteiger partial charge is 0.292 e. The van der Waals surface area contributed by atoms with E-state index in [2.05, 4.69) is 4.72 Å². The lowest BCUT2D eigenvalue weighted by atomic mass is 10.1. The van der Waals surface area contributed by atoms with Crippen molar-refractivity contribution in [1.82, 2.24) is 4.72 Å². The minimum atomic E-state index is -4.12. The number of nitrogens with one attached hydrogen (secondary N) is 1. The van der Waals surface area contributed by atoms with E-state index in [1.165, 1.54) is 0 Å². The summed E-state index contributed by atoms with van der Waals surface area (Å²) in [6.07, 6.45) is 0. The molecular formula is C11H16FN3O4S. The highest BCUT2D eigenvalue weighted by Gasteiger charge is 2.26. The Morgan fingerprint density at radius 2 is 2.05 bits per heavy atom. The molecular weight excluding hydrogens is 289 g/mol. The van der Waals surface area contributed by atoms with Crippen LogP contribution in [-0.2, 0) is 10.0 Å². The molecule has 20 heavy (non-hydrogen) atoms. The van der Waals surface area contributed by atoms with E-state index in [9.17, 15) is 22.9 Å². The number of sulfonamides is 1. The average Bonchev–Trinajstić information content (AvgIpc) is 2.35. The van der Waals surface area contributed by atoms with Gasteiger partial charge < -0.3 is 5.73 Å². The van der Waals surface area contributed by atoms with Crippen molar-refractivity contribution in [3.8, 4) is 0 Å². The number of nitro benzene ring substituents is 1. The summed E-state index contributed by atoms with van der Waals surface area (Å²) in [7, 11) is -4.12. The first-order chi connectivity index (χ1) is 9.15. The molecule has 0 aliphatic carbocycles. The highest BCUT2D eigenvalue weighted by atomic mass is 32.2. The molecule has 0 aliphatic heterocycles. The normalized spacial score (nSPS) is 13.4. The zero-order valence-corrected chi connectivity index (χ0v) is 11.9. The molecule has 1 unspecified atom stereocenters. The van der Waals surface area contributed by atoms with E-state index in [4.69, 9.17) is 5.73 Å². The van der Waals surface area contributed by atoms with Crippen LogP contribution in [0.4, 0.5) is 10.1 Å². The van der Waals surface area contributed by atoms with Gasteiger partial charge in [0, 0.05) is 12.6 Å². The van der Waals surface area contributed by atoms with Gasteiger partial charge in [-0.05, 0) is 18.1 Å². The van der Waals surface area contributed by atoms with Crippen molar-refractivity contribution in [2.24, 2.45) is 11.7 Å². The monoisotopic (exact) mass is 305 g/mol. The van der Waals surface area contributed by atoms with Gasteiger partial charge in [0.15, 0.2) is 4.90 Å². The maximum absolute atomic E-state index is 13.0. The molecule has 0 aromatic heterocycles. The van der Waals surface area contributed by atoms with Crippen LogP contribution in [0.5, 0.6) is 0 Å². The van der Waals surface area contributed by atoms with Crippen molar-refractivity contribution >= 4 is 15.7 Å². The fourth-order valence-electron chi connectivity index (χ4n) is 1.38. The molecule has 1 aromatic carbocycles. The van der Waals surface area contributed by atoms with E-state index in [0.717, 1.165) is 12.1 Å². The van der Waals surface area contributed by atoms with Crippen LogP contribution >= 0.6 is 0 Å². The van der Waals surface area contributed by atoms with Gasteiger partial charge in [-0.3, -0.25) is 10.1 Å². The SMILES string of the molecule is CC(C)C(N)CNS(=O)(=O)c1ccc(F)cc1[N+](=O)[O-]. The second kappa shape index (κ2) is 6.25. The third kappa shape index (κ3) is 3.95. The van der Waals surface area contributed by atoms with Crippen LogP contribution in [0, 0.1) is 21.8 Å². The van der Waals surface area contributed by atoms with E-state index in [1.54, 1.807) is 0 Å². The van der Waals surface area contributed by atoms with Crippen LogP contribution in [0.1, 0.15) is 13.8 Å². The largest absolute Gasteiger partial charge is 0.326 e. The van der Waals surface area contributed by atoms with Gasteiger partial charge in [-0.1, -0.05) is 13.8 Å². The van der Waals surface area contributed by atoms with E-state index in [0.29, 0.717) is 6.07 Å². The fourth-order valence-corrected chi connectivity index (χ4v) is 2.60. The molecule has 1 atom stereocenters. The lowest BCUT2D eigenvalue weighted by Crippen LogP contribution is -2.40. The predicted octanol–water partition coefficient (Wildman–Crippen LogP) is 0.996. The van der Waals surface area contributed by atoms with Gasteiger partial charge in [0.25, 0.3) is 5.69 Å². The minimum absolute atomic E-state index is 0.0425. The number of hydrogen-bond acceptors (Lipinski definition) is 5. The van der Waals surface area contributed by atoms with Gasteiger partial charge in [-0.15, -0.1) is 0 Å². The summed E-state index contributed by atoms with van der Waals surface area (Å²) >= 11 is 0. The first-order valence-corrected chi connectivity index (χ1v) is 7.32. The molecule has 0 amide bonds. The first-order valence-electron chi connectivity index (χ1n) is 5.84. The second-order valence-electron chi connectivity index (χ2n) is 4.63. The van der Waals surface area contributed by atoms with Gasteiger partial charge >= 0.3 is 0 Å². The van der Waals surface area contributed by atoms with Crippen molar-refractivity contribution in [2.45, 2.75) is 24.8 Å². The summed E-state index contributed by atoms with van der Waals surface area (Å²) in [5.41, 5.74) is 4.89. The molecule has 0 bridgehead atoms. The number of nitrogens with zero attached hydrogens (tertiary/aromatic N) is 1. The van der Waals surface area contributed by atoms with E-state index in [1.807, 2.05) is 13.8 Å². The number of nitrogens with two attached hydrogens (primary N) is 1. The van der Waals surface area contributed by atoms with Crippen molar-refractivity contribution < 1.29 is 17.7 Å². The van der Waals surface area contributed by atoms with Crippen molar-refractivity contribution in [3.05, 3.63) is 34.1 Å². The lowest BCUT2D eigenvalue weighted by molar-refractivity contribution is -0.388. The Morgan fingerprint density at radius 1 is 1.45 bits per heavy atom. The molecule has 112 valence electrons. The third-order valence-electron chi connectivity index (χ3n) is 2.77. The molecule has 9 heteroatoms. The topological polar surface area (TPSA) is 115 Å². The summed E-state index contributed by atoms with van der Waals surface area (Å²) in [5, 5.41) is 10.8. The van der Waals surface area contributed by atoms with Gasteiger partial charge in [0.1, 0.15) is 5.82 Å². The molecule has 0 heterocycles. The second-order valence-corrected chi connectivity index (χ2v) is 6.36. The van der Waals surface area contributed by atoms with Crippen molar-refractivity contribution in [2.75, 3.05) is 6.54 Å². The van der Waals surface area contributed by atoms with Crippen molar-refractivity contribution in [3.63, 3.8) is 0 Å². The molecule has 1 aromatic rings.